The second kappa shape index (κ2) is 7.86. The number of rotatable bonds is 5. The minimum Gasteiger partial charge on any atom is -0.494 e. The zero-order valence-electron chi connectivity index (χ0n) is 14.8. The van der Waals surface area contributed by atoms with Crippen molar-refractivity contribution < 1.29 is 19.4 Å². The van der Waals surface area contributed by atoms with Gasteiger partial charge in [0.2, 0.25) is 0 Å². The molecule has 1 amide bonds. The van der Waals surface area contributed by atoms with Crippen LogP contribution in [0.5, 0.6) is 5.75 Å². The Morgan fingerprint density at radius 1 is 1.35 bits per heavy atom. The van der Waals surface area contributed by atoms with Crippen molar-refractivity contribution >= 4 is 23.2 Å². The van der Waals surface area contributed by atoms with E-state index in [2.05, 4.69) is 4.98 Å². The number of aromatic nitrogens is 1. The summed E-state index contributed by atoms with van der Waals surface area (Å²) in [6, 6.07) is 7.64. The summed E-state index contributed by atoms with van der Waals surface area (Å²) >= 11 is 1.43. The van der Waals surface area contributed by atoms with Crippen LogP contribution < -0.4 is 4.74 Å². The largest absolute Gasteiger partial charge is 0.494 e. The number of nitrogens with zero attached hydrogens (tertiary/aromatic N) is 2. The molecule has 1 aliphatic heterocycles. The van der Waals surface area contributed by atoms with Crippen LogP contribution in [0.25, 0.3) is 10.6 Å². The summed E-state index contributed by atoms with van der Waals surface area (Å²) in [4.78, 5) is 30.1. The van der Waals surface area contributed by atoms with Gasteiger partial charge in [-0.25, -0.2) is 4.98 Å². The molecule has 138 valence electrons. The Morgan fingerprint density at radius 3 is 2.69 bits per heavy atom. The first-order valence-electron chi connectivity index (χ1n) is 8.70. The first-order valence-corrected chi connectivity index (χ1v) is 9.58. The van der Waals surface area contributed by atoms with E-state index >= 15 is 0 Å². The zero-order chi connectivity index (χ0) is 18.7. The van der Waals surface area contributed by atoms with Crippen molar-refractivity contribution in [1.82, 2.24) is 9.88 Å². The number of piperidine rings is 1. The van der Waals surface area contributed by atoms with E-state index in [1.165, 1.54) is 11.3 Å². The van der Waals surface area contributed by atoms with Crippen molar-refractivity contribution in [2.24, 2.45) is 11.8 Å². The van der Waals surface area contributed by atoms with Crippen molar-refractivity contribution in [2.75, 3.05) is 19.7 Å². The van der Waals surface area contributed by atoms with E-state index in [4.69, 9.17) is 4.74 Å². The molecule has 1 aromatic carbocycles. The van der Waals surface area contributed by atoms with Gasteiger partial charge in [-0.1, -0.05) is 6.92 Å². The number of carboxylic acids is 1. The average molecular weight is 374 g/mol. The van der Waals surface area contributed by atoms with Gasteiger partial charge in [0, 0.05) is 24.0 Å². The predicted octanol–water partition coefficient (Wildman–Crippen LogP) is 3.39. The Morgan fingerprint density at radius 2 is 2.08 bits per heavy atom. The summed E-state index contributed by atoms with van der Waals surface area (Å²) in [5, 5.41) is 11.8. The van der Waals surface area contributed by atoms with Crippen LogP contribution in [0.2, 0.25) is 0 Å². The van der Waals surface area contributed by atoms with E-state index in [1.807, 2.05) is 38.1 Å². The van der Waals surface area contributed by atoms with Crippen molar-refractivity contribution in [1.29, 1.82) is 0 Å². The van der Waals surface area contributed by atoms with Crippen LogP contribution in [0.4, 0.5) is 0 Å². The SMILES string of the molecule is CCOc1ccc(-c2nc(C(=O)N3CCC(C(=O)O)C(C)C3)cs2)cc1. The van der Waals surface area contributed by atoms with Crippen LogP contribution in [0, 0.1) is 11.8 Å². The molecule has 0 radical (unpaired) electrons. The molecular weight excluding hydrogens is 352 g/mol. The van der Waals surface area contributed by atoms with Gasteiger partial charge < -0.3 is 14.7 Å². The second-order valence-corrected chi connectivity index (χ2v) is 7.32. The lowest BCUT2D eigenvalue weighted by Gasteiger charge is -2.34. The molecule has 2 heterocycles. The first-order chi connectivity index (χ1) is 12.5. The summed E-state index contributed by atoms with van der Waals surface area (Å²) < 4.78 is 5.44. The van der Waals surface area contributed by atoms with Gasteiger partial charge in [-0.15, -0.1) is 11.3 Å². The van der Waals surface area contributed by atoms with E-state index in [-0.39, 0.29) is 17.7 Å². The lowest BCUT2D eigenvalue weighted by Crippen LogP contribution is -2.45. The van der Waals surface area contributed by atoms with E-state index < -0.39 is 5.97 Å². The Labute approximate surface area is 156 Å². The van der Waals surface area contributed by atoms with Gasteiger partial charge in [-0.2, -0.15) is 0 Å². The lowest BCUT2D eigenvalue weighted by molar-refractivity contribution is -0.145. The number of ether oxygens (including phenoxy) is 1. The van der Waals surface area contributed by atoms with Gasteiger partial charge in [0.05, 0.1) is 12.5 Å². The summed E-state index contributed by atoms with van der Waals surface area (Å²) in [6.07, 6.45) is 0.484. The number of thiazole rings is 1. The molecule has 0 spiro atoms. The highest BCUT2D eigenvalue weighted by Crippen LogP contribution is 2.28. The Hall–Kier alpha value is -2.41. The van der Waals surface area contributed by atoms with Gasteiger partial charge >= 0.3 is 5.97 Å². The van der Waals surface area contributed by atoms with E-state index in [9.17, 15) is 14.7 Å². The summed E-state index contributed by atoms with van der Waals surface area (Å²) in [7, 11) is 0. The van der Waals surface area contributed by atoms with Crippen molar-refractivity contribution in [3.8, 4) is 16.3 Å². The molecule has 0 aliphatic carbocycles. The lowest BCUT2D eigenvalue weighted by atomic mass is 9.87. The van der Waals surface area contributed by atoms with Crippen molar-refractivity contribution in [3.63, 3.8) is 0 Å². The molecule has 2 aromatic rings. The molecule has 1 fully saturated rings. The molecule has 1 aromatic heterocycles. The number of carboxylic acid groups (broad SMARTS) is 1. The number of benzene rings is 1. The van der Waals surface area contributed by atoms with Crippen LogP contribution in [-0.2, 0) is 4.79 Å². The molecule has 6 nitrogen and oxygen atoms in total. The maximum atomic E-state index is 12.7. The zero-order valence-corrected chi connectivity index (χ0v) is 15.7. The summed E-state index contributed by atoms with van der Waals surface area (Å²) in [6.45, 7) is 5.34. The molecule has 0 bridgehead atoms. The van der Waals surface area contributed by atoms with Gasteiger partial charge in [0.1, 0.15) is 16.5 Å². The highest BCUT2D eigenvalue weighted by atomic mass is 32.1. The number of aliphatic carboxylic acids is 1. The molecule has 0 saturated carbocycles. The number of carbonyl (C=O) groups excluding carboxylic acids is 1. The molecule has 1 aliphatic rings. The van der Waals surface area contributed by atoms with E-state index in [0.29, 0.717) is 31.8 Å². The fourth-order valence-electron chi connectivity index (χ4n) is 3.22. The third kappa shape index (κ3) is 3.88. The summed E-state index contributed by atoms with van der Waals surface area (Å²) in [5.74, 6) is -0.548. The number of likely N-dealkylation sites (tertiary alicyclic amines) is 1. The summed E-state index contributed by atoms with van der Waals surface area (Å²) in [5.41, 5.74) is 1.36. The maximum Gasteiger partial charge on any atom is 0.306 e. The minimum absolute atomic E-state index is 0.0607. The minimum atomic E-state index is -0.781. The highest BCUT2D eigenvalue weighted by Gasteiger charge is 2.33. The monoisotopic (exact) mass is 374 g/mol. The molecule has 1 saturated heterocycles. The standard InChI is InChI=1S/C19H22N2O4S/c1-3-25-14-6-4-13(5-7-14)17-20-16(11-26-17)18(22)21-9-8-15(19(23)24)12(2)10-21/h4-7,11-12,15H,3,8-10H2,1-2H3,(H,23,24). The number of amides is 1. The third-order valence-electron chi connectivity index (χ3n) is 4.65. The van der Waals surface area contributed by atoms with Crippen LogP contribution in [0.3, 0.4) is 0 Å². The van der Waals surface area contributed by atoms with Gasteiger partial charge in [-0.05, 0) is 43.5 Å². The molecule has 3 rings (SSSR count). The van der Waals surface area contributed by atoms with Gasteiger partial charge in [-0.3, -0.25) is 9.59 Å². The molecule has 1 N–H and O–H groups in total. The molecular formula is C19H22N2O4S. The van der Waals surface area contributed by atoms with Crippen LogP contribution >= 0.6 is 11.3 Å². The molecule has 2 atom stereocenters. The maximum absolute atomic E-state index is 12.7. The van der Waals surface area contributed by atoms with Crippen molar-refractivity contribution in [2.45, 2.75) is 20.3 Å². The van der Waals surface area contributed by atoms with Crippen LogP contribution in [-0.4, -0.2) is 46.6 Å². The average Bonchev–Trinajstić information content (AvgIpc) is 3.11. The molecule has 26 heavy (non-hydrogen) atoms. The first kappa shape index (κ1) is 18.4. The topological polar surface area (TPSA) is 79.7 Å². The quantitative estimate of drug-likeness (QED) is 0.868. The third-order valence-corrected chi connectivity index (χ3v) is 5.54. The smallest absolute Gasteiger partial charge is 0.306 e. The van der Waals surface area contributed by atoms with Gasteiger partial charge in [0.15, 0.2) is 0 Å². The fourth-order valence-corrected chi connectivity index (χ4v) is 4.02. The Kier molecular flexibility index (Phi) is 5.56. The Balaban J connectivity index is 1.69. The second-order valence-electron chi connectivity index (χ2n) is 6.46. The fraction of sp³-hybridized carbons (Fsp3) is 0.421. The highest BCUT2D eigenvalue weighted by molar-refractivity contribution is 7.13. The van der Waals surface area contributed by atoms with Crippen LogP contribution in [0.15, 0.2) is 29.6 Å². The van der Waals surface area contributed by atoms with E-state index in [0.717, 1.165) is 16.3 Å². The van der Waals surface area contributed by atoms with E-state index in [1.54, 1.807) is 10.3 Å². The van der Waals surface area contributed by atoms with Crippen molar-refractivity contribution in [3.05, 3.63) is 35.3 Å². The molecule has 2 unspecified atom stereocenters. The molecule has 7 heteroatoms. The van der Waals surface area contributed by atoms with Gasteiger partial charge in [0.25, 0.3) is 5.91 Å². The predicted molar refractivity (Wildman–Crippen MR) is 99.5 cm³/mol. The van der Waals surface area contributed by atoms with Crippen LogP contribution in [0.1, 0.15) is 30.8 Å². The Bertz CT molecular complexity index is 787. The normalized spacial score (nSPS) is 20.0. The number of hydrogen-bond acceptors (Lipinski definition) is 5. The number of carbonyl (C=O) groups is 2. The number of hydrogen-bond donors (Lipinski definition) is 1.